The summed E-state index contributed by atoms with van der Waals surface area (Å²) in [5, 5.41) is 3.73. The number of pyridine rings is 1. The van der Waals surface area contributed by atoms with Gasteiger partial charge in [-0.3, -0.25) is 14.7 Å². The molecule has 1 saturated heterocycles. The molecular formula is C31H30F3N5O. The summed E-state index contributed by atoms with van der Waals surface area (Å²) in [5.74, 6) is 5.71. The first kappa shape index (κ1) is 27.4. The lowest BCUT2D eigenvalue weighted by molar-refractivity contribution is -0.138. The summed E-state index contributed by atoms with van der Waals surface area (Å²) < 4.78 is 43.9. The van der Waals surface area contributed by atoms with E-state index in [4.69, 9.17) is 0 Å². The third-order valence-corrected chi connectivity index (χ3v) is 7.31. The molecule has 3 heterocycles. The van der Waals surface area contributed by atoms with E-state index < -0.39 is 17.6 Å². The number of hydrogen-bond donors (Lipinski definition) is 1. The smallest absolute Gasteiger partial charge is 0.349 e. The highest BCUT2D eigenvalue weighted by Crippen LogP contribution is 2.34. The lowest BCUT2D eigenvalue weighted by atomic mass is 10.0. The van der Waals surface area contributed by atoms with Gasteiger partial charge >= 0.3 is 6.18 Å². The SMILES string of the molecule is Cc1ccc(NC(=O)c2ccc(CN3CCN(C)CC3)c(C(F)(F)F)c2)cc1C#Cc1cncc2c1ccn2C. The fraction of sp³-hybridized carbons (Fsp3) is 0.290. The number of carbonyl (C=O) groups excluding carboxylic acids is 1. The summed E-state index contributed by atoms with van der Waals surface area (Å²) in [4.78, 5) is 21.4. The number of nitrogens with one attached hydrogen (secondary N) is 1. The van der Waals surface area contributed by atoms with Crippen LogP contribution in [0.2, 0.25) is 0 Å². The van der Waals surface area contributed by atoms with E-state index in [-0.39, 0.29) is 17.7 Å². The summed E-state index contributed by atoms with van der Waals surface area (Å²) in [5.41, 5.74) is 3.15. The number of aromatic nitrogens is 2. The highest BCUT2D eigenvalue weighted by atomic mass is 19.4. The number of anilines is 1. The van der Waals surface area contributed by atoms with Crippen molar-refractivity contribution < 1.29 is 18.0 Å². The molecule has 1 N–H and O–H groups in total. The first-order valence-electron chi connectivity index (χ1n) is 13.0. The zero-order valence-electron chi connectivity index (χ0n) is 22.6. The van der Waals surface area contributed by atoms with Crippen molar-refractivity contribution in [3.8, 4) is 11.8 Å². The molecule has 0 bridgehead atoms. The molecule has 206 valence electrons. The second-order valence-corrected chi connectivity index (χ2v) is 10.2. The fourth-order valence-electron chi connectivity index (χ4n) is 4.82. The summed E-state index contributed by atoms with van der Waals surface area (Å²) in [6.07, 6.45) is 0.871. The van der Waals surface area contributed by atoms with Crippen molar-refractivity contribution in [1.29, 1.82) is 0 Å². The normalized spacial score (nSPS) is 14.7. The average molecular weight is 546 g/mol. The minimum atomic E-state index is -4.57. The van der Waals surface area contributed by atoms with Crippen LogP contribution in [0.3, 0.4) is 0 Å². The van der Waals surface area contributed by atoms with Crippen molar-refractivity contribution in [2.75, 3.05) is 38.5 Å². The Morgan fingerprint density at radius 3 is 2.48 bits per heavy atom. The Bertz CT molecular complexity index is 1620. The van der Waals surface area contributed by atoms with Crippen LogP contribution in [0.4, 0.5) is 18.9 Å². The zero-order valence-corrected chi connectivity index (χ0v) is 22.6. The third-order valence-electron chi connectivity index (χ3n) is 7.31. The Kier molecular flexibility index (Phi) is 7.66. The van der Waals surface area contributed by atoms with E-state index in [1.54, 1.807) is 24.5 Å². The maximum absolute atomic E-state index is 14.0. The fourth-order valence-corrected chi connectivity index (χ4v) is 4.82. The number of aryl methyl sites for hydroxylation is 2. The van der Waals surface area contributed by atoms with Crippen molar-refractivity contribution in [2.45, 2.75) is 19.6 Å². The van der Waals surface area contributed by atoms with Crippen molar-refractivity contribution in [3.05, 3.63) is 94.4 Å². The highest BCUT2D eigenvalue weighted by Gasteiger charge is 2.34. The molecule has 1 aliphatic rings. The van der Waals surface area contributed by atoms with Gasteiger partial charge in [0.15, 0.2) is 0 Å². The minimum absolute atomic E-state index is 0.0514. The van der Waals surface area contributed by atoms with Crippen molar-refractivity contribution in [2.24, 2.45) is 7.05 Å². The van der Waals surface area contributed by atoms with Gasteiger partial charge in [0.2, 0.25) is 0 Å². The van der Waals surface area contributed by atoms with Gasteiger partial charge in [-0.1, -0.05) is 24.0 Å². The summed E-state index contributed by atoms with van der Waals surface area (Å²) in [7, 11) is 3.94. The average Bonchev–Trinajstić information content (AvgIpc) is 3.31. The number of alkyl halides is 3. The highest BCUT2D eigenvalue weighted by molar-refractivity contribution is 6.04. The molecule has 9 heteroatoms. The first-order valence-corrected chi connectivity index (χ1v) is 13.0. The molecule has 0 saturated carbocycles. The number of carbonyl (C=O) groups is 1. The van der Waals surface area contributed by atoms with Crippen LogP contribution in [0, 0.1) is 18.8 Å². The van der Waals surface area contributed by atoms with E-state index in [2.05, 4.69) is 27.0 Å². The Morgan fingerprint density at radius 2 is 1.73 bits per heavy atom. The van der Waals surface area contributed by atoms with E-state index in [1.165, 1.54) is 12.1 Å². The molecule has 2 aromatic carbocycles. The van der Waals surface area contributed by atoms with E-state index >= 15 is 0 Å². The predicted molar refractivity (Wildman–Crippen MR) is 150 cm³/mol. The monoisotopic (exact) mass is 545 g/mol. The van der Waals surface area contributed by atoms with Crippen LogP contribution < -0.4 is 5.32 Å². The second-order valence-electron chi connectivity index (χ2n) is 10.2. The number of likely N-dealkylation sites (N-methyl/N-ethyl adjacent to an activating group) is 1. The number of nitrogens with zero attached hydrogens (tertiary/aromatic N) is 4. The molecule has 4 aromatic rings. The van der Waals surface area contributed by atoms with Gasteiger partial charge in [-0.15, -0.1) is 0 Å². The summed E-state index contributed by atoms with van der Waals surface area (Å²) >= 11 is 0. The summed E-state index contributed by atoms with van der Waals surface area (Å²) in [6, 6.07) is 11.1. The molecular weight excluding hydrogens is 515 g/mol. The molecule has 0 atom stereocenters. The van der Waals surface area contributed by atoms with Gasteiger partial charge < -0.3 is 14.8 Å². The van der Waals surface area contributed by atoms with Crippen molar-refractivity contribution >= 4 is 22.5 Å². The van der Waals surface area contributed by atoms with Crippen LogP contribution in [0.15, 0.2) is 61.1 Å². The van der Waals surface area contributed by atoms with Gasteiger partial charge in [-0.25, -0.2) is 0 Å². The molecule has 6 nitrogen and oxygen atoms in total. The van der Waals surface area contributed by atoms with E-state index in [0.717, 1.165) is 41.2 Å². The number of hydrogen-bond acceptors (Lipinski definition) is 4. The molecule has 2 aromatic heterocycles. The lowest BCUT2D eigenvalue weighted by Gasteiger charge is -2.33. The molecule has 1 amide bonds. The van der Waals surface area contributed by atoms with Crippen LogP contribution >= 0.6 is 0 Å². The molecule has 5 rings (SSSR count). The van der Waals surface area contributed by atoms with Crippen molar-refractivity contribution in [3.63, 3.8) is 0 Å². The Morgan fingerprint density at radius 1 is 0.975 bits per heavy atom. The largest absolute Gasteiger partial charge is 0.416 e. The van der Waals surface area contributed by atoms with Gasteiger partial charge in [0.25, 0.3) is 5.91 Å². The first-order chi connectivity index (χ1) is 19.1. The van der Waals surface area contributed by atoms with E-state index in [0.29, 0.717) is 24.3 Å². The lowest BCUT2D eigenvalue weighted by Crippen LogP contribution is -2.44. The number of benzene rings is 2. The molecule has 0 aliphatic carbocycles. The van der Waals surface area contributed by atoms with Crippen LogP contribution in [0.5, 0.6) is 0 Å². The number of rotatable bonds is 4. The van der Waals surface area contributed by atoms with Crippen molar-refractivity contribution in [1.82, 2.24) is 19.4 Å². The topological polar surface area (TPSA) is 53.4 Å². The minimum Gasteiger partial charge on any atom is -0.349 e. The number of fused-ring (bicyclic) bond motifs is 1. The number of halogens is 3. The molecule has 1 fully saturated rings. The van der Waals surface area contributed by atoms with Gasteiger partial charge in [0.05, 0.1) is 22.8 Å². The summed E-state index contributed by atoms with van der Waals surface area (Å²) in [6.45, 7) is 5.12. The molecule has 1 aliphatic heterocycles. The van der Waals surface area contributed by atoms with Crippen LogP contribution in [0.1, 0.15) is 38.2 Å². The zero-order chi connectivity index (χ0) is 28.4. The predicted octanol–water partition coefficient (Wildman–Crippen LogP) is 5.30. The Labute approximate surface area is 231 Å². The maximum atomic E-state index is 14.0. The van der Waals surface area contributed by atoms with Gasteiger partial charge in [-0.2, -0.15) is 13.2 Å². The number of amides is 1. The molecule has 0 unspecified atom stereocenters. The van der Waals surface area contributed by atoms with Gasteiger partial charge in [0, 0.05) is 74.4 Å². The van der Waals surface area contributed by atoms with E-state index in [9.17, 15) is 18.0 Å². The third kappa shape index (κ3) is 6.03. The number of piperazine rings is 1. The molecule has 40 heavy (non-hydrogen) atoms. The Hall–Kier alpha value is -4.13. The Balaban J connectivity index is 1.36. The standard InChI is InChI=1S/C31H30F3N5O/c1-21-4-9-26(16-22(21)5-7-24-18-35-19-29-27(24)10-11-38(29)3)36-30(40)23-6-8-25(28(17-23)31(32,33)34)20-39-14-12-37(2)13-15-39/h4,6,8-11,16-19H,12-15,20H2,1-3H3,(H,36,40). The van der Waals surface area contributed by atoms with Crippen LogP contribution in [0.25, 0.3) is 10.9 Å². The molecule has 0 spiro atoms. The quantitative estimate of drug-likeness (QED) is 0.354. The second kappa shape index (κ2) is 11.2. The van der Waals surface area contributed by atoms with E-state index in [1.807, 2.05) is 48.8 Å². The van der Waals surface area contributed by atoms with Gasteiger partial charge in [-0.05, 0) is 55.4 Å². The van der Waals surface area contributed by atoms with Crippen LogP contribution in [-0.4, -0.2) is 58.5 Å². The van der Waals surface area contributed by atoms with Gasteiger partial charge in [0.1, 0.15) is 0 Å². The molecule has 0 radical (unpaired) electrons. The van der Waals surface area contributed by atoms with Crippen LogP contribution in [-0.2, 0) is 19.8 Å². The maximum Gasteiger partial charge on any atom is 0.416 e.